The van der Waals surface area contributed by atoms with Gasteiger partial charge >= 0.3 is 0 Å². The number of amides is 1. The molecule has 1 aromatic rings. The minimum Gasteiger partial charge on any atom is -0.337 e. The highest BCUT2D eigenvalue weighted by atomic mass is 16.2. The van der Waals surface area contributed by atoms with E-state index in [1.54, 1.807) is 0 Å². The quantitative estimate of drug-likeness (QED) is 0.795. The van der Waals surface area contributed by atoms with Crippen LogP contribution in [0.3, 0.4) is 0 Å². The van der Waals surface area contributed by atoms with Crippen molar-refractivity contribution in [2.24, 2.45) is 0 Å². The van der Waals surface area contributed by atoms with Crippen LogP contribution < -0.4 is 0 Å². The van der Waals surface area contributed by atoms with Gasteiger partial charge in [0.25, 0.3) is 0 Å². The van der Waals surface area contributed by atoms with Crippen molar-refractivity contribution < 1.29 is 4.79 Å². The summed E-state index contributed by atoms with van der Waals surface area (Å²) in [4.78, 5) is 19.9. The van der Waals surface area contributed by atoms with Crippen LogP contribution in [0.25, 0.3) is 0 Å². The molecule has 5 rings (SSSR count). The summed E-state index contributed by atoms with van der Waals surface area (Å²) in [7, 11) is 0. The average molecular weight is 289 g/mol. The van der Waals surface area contributed by atoms with Crippen molar-refractivity contribution in [2.45, 2.75) is 31.8 Å². The third-order valence-electron chi connectivity index (χ3n) is 5.12. The van der Waals surface area contributed by atoms with Gasteiger partial charge in [-0.2, -0.15) is 5.10 Å². The van der Waals surface area contributed by atoms with E-state index in [2.05, 4.69) is 20.0 Å². The molecule has 0 radical (unpaired) electrons. The highest BCUT2D eigenvalue weighted by Crippen LogP contribution is 2.21. The van der Waals surface area contributed by atoms with E-state index in [0.717, 1.165) is 58.7 Å². The number of fused-ring (bicyclic) bond motifs is 5. The third kappa shape index (κ3) is 2.46. The Morgan fingerprint density at radius 3 is 3.10 bits per heavy atom. The molecule has 1 amide bonds. The summed E-state index contributed by atoms with van der Waals surface area (Å²) in [6.45, 7) is 6.87. The van der Waals surface area contributed by atoms with Gasteiger partial charge in [-0.05, 0) is 25.8 Å². The Morgan fingerprint density at radius 1 is 1.19 bits per heavy atom. The lowest BCUT2D eigenvalue weighted by atomic mass is 10.1. The molecule has 0 saturated carbocycles. The summed E-state index contributed by atoms with van der Waals surface area (Å²) >= 11 is 0. The van der Waals surface area contributed by atoms with Crippen molar-refractivity contribution in [2.75, 3.05) is 39.3 Å². The fraction of sp³-hybridized carbons (Fsp3) is 0.733. The zero-order chi connectivity index (χ0) is 14.2. The van der Waals surface area contributed by atoms with Crippen LogP contribution in [0.4, 0.5) is 0 Å². The Morgan fingerprint density at radius 2 is 2.14 bits per heavy atom. The lowest BCUT2D eigenvalue weighted by molar-refractivity contribution is -0.139. The Balaban J connectivity index is 1.52. The number of carbonyl (C=O) groups is 1. The number of hydrogen-bond donors (Lipinski definition) is 1. The number of carbonyl (C=O) groups excluding carboxylic acids is 1. The van der Waals surface area contributed by atoms with Gasteiger partial charge in [-0.15, -0.1) is 0 Å². The molecule has 4 aliphatic heterocycles. The molecule has 1 N–H and O–H groups in total. The van der Waals surface area contributed by atoms with Crippen LogP contribution in [0, 0.1) is 0 Å². The smallest absolute Gasteiger partial charge is 0.241 e. The van der Waals surface area contributed by atoms with Crippen LogP contribution in [-0.4, -0.2) is 76.1 Å². The van der Waals surface area contributed by atoms with Crippen LogP contribution in [0.15, 0.2) is 6.20 Å². The van der Waals surface area contributed by atoms with E-state index in [-0.39, 0.29) is 6.04 Å². The number of nitrogens with one attached hydrogen (secondary N) is 1. The topological polar surface area (TPSA) is 55.5 Å². The zero-order valence-corrected chi connectivity index (χ0v) is 12.4. The monoisotopic (exact) mass is 289 g/mol. The van der Waals surface area contributed by atoms with E-state index in [0.29, 0.717) is 5.91 Å². The van der Waals surface area contributed by atoms with Crippen LogP contribution in [-0.2, 0) is 17.8 Å². The van der Waals surface area contributed by atoms with Crippen LogP contribution in [0.5, 0.6) is 0 Å². The maximum Gasteiger partial charge on any atom is 0.241 e. The predicted octanol–water partition coefficient (Wildman–Crippen LogP) is 0.0744. The summed E-state index contributed by atoms with van der Waals surface area (Å²) in [5, 5.41) is 7.19. The molecule has 0 aliphatic carbocycles. The predicted molar refractivity (Wildman–Crippen MR) is 78.7 cm³/mol. The summed E-state index contributed by atoms with van der Waals surface area (Å²) in [5.41, 5.74) is 2.40. The van der Waals surface area contributed by atoms with Crippen molar-refractivity contribution in [1.29, 1.82) is 0 Å². The van der Waals surface area contributed by atoms with Crippen molar-refractivity contribution in [3.05, 3.63) is 17.5 Å². The van der Waals surface area contributed by atoms with E-state index < -0.39 is 0 Å². The van der Waals surface area contributed by atoms with Gasteiger partial charge < -0.3 is 4.90 Å². The summed E-state index contributed by atoms with van der Waals surface area (Å²) in [6.07, 6.45) is 5.09. The second-order valence-corrected chi connectivity index (χ2v) is 6.44. The molecular weight excluding hydrogens is 266 g/mol. The van der Waals surface area contributed by atoms with Gasteiger partial charge in [-0.25, -0.2) is 0 Å². The van der Waals surface area contributed by atoms with E-state index in [4.69, 9.17) is 0 Å². The van der Waals surface area contributed by atoms with Crippen LogP contribution >= 0.6 is 0 Å². The maximum absolute atomic E-state index is 13.0. The summed E-state index contributed by atoms with van der Waals surface area (Å²) in [5.74, 6) is 0.315. The first kappa shape index (κ1) is 13.3. The minimum absolute atomic E-state index is 0.0645. The van der Waals surface area contributed by atoms with Crippen molar-refractivity contribution in [3.63, 3.8) is 0 Å². The SMILES string of the molecule is O=C(C1CN2CCCN1CC2)N1CCCc2[nH]ncc2C1. The first-order valence-electron chi connectivity index (χ1n) is 8.07. The Labute approximate surface area is 125 Å². The largest absolute Gasteiger partial charge is 0.337 e. The fourth-order valence-electron chi connectivity index (χ4n) is 3.90. The molecular formula is C15H23N5O. The number of hydrogen-bond acceptors (Lipinski definition) is 4. The molecule has 6 heteroatoms. The number of rotatable bonds is 1. The van der Waals surface area contributed by atoms with E-state index >= 15 is 0 Å². The number of aromatic nitrogens is 2. The molecule has 5 heterocycles. The lowest BCUT2D eigenvalue weighted by Crippen LogP contribution is -2.57. The first-order valence-corrected chi connectivity index (χ1v) is 8.07. The molecule has 21 heavy (non-hydrogen) atoms. The van der Waals surface area contributed by atoms with Crippen LogP contribution in [0.1, 0.15) is 24.1 Å². The molecule has 0 spiro atoms. The Bertz CT molecular complexity index is 524. The first-order chi connectivity index (χ1) is 10.3. The molecule has 3 unspecified atom stereocenters. The molecule has 1 aromatic heterocycles. The van der Waals surface area contributed by atoms with Gasteiger partial charge in [0.2, 0.25) is 5.91 Å². The van der Waals surface area contributed by atoms with Crippen LogP contribution in [0.2, 0.25) is 0 Å². The number of nitrogens with zero attached hydrogens (tertiary/aromatic N) is 4. The highest BCUT2D eigenvalue weighted by Gasteiger charge is 2.37. The maximum atomic E-state index is 13.0. The molecule has 0 aromatic carbocycles. The Hall–Kier alpha value is -1.40. The van der Waals surface area contributed by atoms with E-state index in [1.807, 2.05) is 11.1 Å². The second-order valence-electron chi connectivity index (χ2n) is 6.44. The summed E-state index contributed by atoms with van der Waals surface area (Å²) < 4.78 is 0. The van der Waals surface area contributed by atoms with Crippen molar-refractivity contribution >= 4 is 5.91 Å². The van der Waals surface area contributed by atoms with Gasteiger partial charge in [-0.1, -0.05) is 0 Å². The van der Waals surface area contributed by atoms with E-state index in [9.17, 15) is 4.79 Å². The highest BCUT2D eigenvalue weighted by molar-refractivity contribution is 5.82. The van der Waals surface area contributed by atoms with Gasteiger partial charge in [0.05, 0.1) is 6.20 Å². The van der Waals surface area contributed by atoms with E-state index in [1.165, 1.54) is 17.7 Å². The molecule has 3 atom stereocenters. The number of aryl methyl sites for hydroxylation is 1. The average Bonchev–Trinajstić information content (AvgIpc) is 2.72. The van der Waals surface area contributed by atoms with Crippen molar-refractivity contribution in [3.8, 4) is 0 Å². The van der Waals surface area contributed by atoms with Gasteiger partial charge in [0, 0.05) is 50.5 Å². The minimum atomic E-state index is 0.0645. The Kier molecular flexibility index (Phi) is 3.43. The van der Waals surface area contributed by atoms with Crippen molar-refractivity contribution in [1.82, 2.24) is 24.9 Å². The van der Waals surface area contributed by atoms with Gasteiger partial charge in [0.15, 0.2) is 0 Å². The molecule has 3 fully saturated rings. The molecule has 2 bridgehead atoms. The molecule has 3 saturated heterocycles. The fourth-order valence-corrected chi connectivity index (χ4v) is 3.90. The van der Waals surface area contributed by atoms with Gasteiger partial charge in [0.1, 0.15) is 6.04 Å². The summed E-state index contributed by atoms with van der Waals surface area (Å²) in [6, 6.07) is 0.0645. The lowest BCUT2D eigenvalue weighted by Gasteiger charge is -2.38. The molecule has 114 valence electrons. The zero-order valence-electron chi connectivity index (χ0n) is 12.4. The number of aromatic amines is 1. The standard InChI is InChI=1S/C15H23N5O/c21-15(14-11-18-4-2-6-19(14)8-7-18)20-5-1-3-13-12(10-20)9-16-17-13/h9,14H,1-8,10-11H2,(H,16,17). The third-order valence-corrected chi connectivity index (χ3v) is 5.12. The van der Waals surface area contributed by atoms with Gasteiger partial charge in [-0.3, -0.25) is 19.7 Å². The number of H-pyrrole nitrogens is 1. The number of piperazine rings is 1. The second kappa shape index (κ2) is 5.42. The molecule has 6 nitrogen and oxygen atoms in total. The normalized spacial score (nSPS) is 32.4. The molecule has 4 aliphatic rings.